The lowest BCUT2D eigenvalue weighted by atomic mass is 10.2. The molecule has 0 amide bonds. The van der Waals surface area contributed by atoms with Gasteiger partial charge in [-0.25, -0.2) is 4.39 Å². The first-order valence-corrected chi connectivity index (χ1v) is 4.00. The largest absolute Gasteiger partial charge is 0.207 e. The number of hydrogen-bond donors (Lipinski definition) is 1. The van der Waals surface area contributed by atoms with E-state index in [-0.39, 0.29) is 5.82 Å². The van der Waals surface area contributed by atoms with E-state index >= 15 is 0 Å². The highest BCUT2D eigenvalue weighted by Gasteiger charge is 2.01. The van der Waals surface area contributed by atoms with Gasteiger partial charge in [0.15, 0.2) is 0 Å². The molecule has 10 heavy (non-hydrogen) atoms. The lowest BCUT2D eigenvalue weighted by molar-refractivity contribution is 0.612. The van der Waals surface area contributed by atoms with Crippen molar-refractivity contribution in [2.45, 2.75) is 11.8 Å². The minimum atomic E-state index is -0.223. The van der Waals surface area contributed by atoms with E-state index in [1.165, 1.54) is 6.07 Å². The van der Waals surface area contributed by atoms with Crippen molar-refractivity contribution in [3.8, 4) is 0 Å². The van der Waals surface area contributed by atoms with E-state index in [2.05, 4.69) is 28.6 Å². The Hall–Kier alpha value is -0.0200. The Bertz CT molecular complexity index is 237. The van der Waals surface area contributed by atoms with Gasteiger partial charge in [0.1, 0.15) is 5.82 Å². The minimum absolute atomic E-state index is 0.223. The van der Waals surface area contributed by atoms with Gasteiger partial charge in [-0.15, -0.1) is 12.6 Å². The van der Waals surface area contributed by atoms with E-state index in [0.29, 0.717) is 10.5 Å². The van der Waals surface area contributed by atoms with Crippen molar-refractivity contribution in [1.29, 1.82) is 0 Å². The smallest absolute Gasteiger partial charge is 0.128 e. The predicted octanol–water partition coefficient (Wildman–Crippen LogP) is 3.19. The third-order valence-corrected chi connectivity index (χ3v) is 2.20. The van der Waals surface area contributed by atoms with Crippen molar-refractivity contribution >= 4 is 28.6 Å². The van der Waals surface area contributed by atoms with Crippen LogP contribution in [0.15, 0.2) is 21.5 Å². The summed E-state index contributed by atoms with van der Waals surface area (Å²) in [6.45, 7) is 1.70. The first-order chi connectivity index (χ1) is 4.61. The van der Waals surface area contributed by atoms with Crippen LogP contribution in [0.3, 0.4) is 0 Å². The molecule has 3 heteroatoms. The molecule has 0 aliphatic rings. The molecule has 0 heterocycles. The van der Waals surface area contributed by atoms with Crippen LogP contribution in [-0.2, 0) is 0 Å². The number of thiol groups is 1. The van der Waals surface area contributed by atoms with E-state index < -0.39 is 0 Å². The Morgan fingerprint density at radius 3 is 2.60 bits per heavy atom. The molecule has 0 saturated carbocycles. The first kappa shape index (κ1) is 8.08. The third kappa shape index (κ3) is 1.52. The SMILES string of the molecule is Cc1c(F)cc(Br)cc1S. The molecule has 0 spiro atoms. The summed E-state index contributed by atoms with van der Waals surface area (Å²) < 4.78 is 13.5. The first-order valence-electron chi connectivity index (χ1n) is 2.76. The average molecular weight is 221 g/mol. The normalized spacial score (nSPS) is 10.0. The lowest BCUT2D eigenvalue weighted by Crippen LogP contribution is -1.83. The summed E-state index contributed by atoms with van der Waals surface area (Å²) in [5, 5.41) is 0. The summed E-state index contributed by atoms with van der Waals surface area (Å²) in [7, 11) is 0. The van der Waals surface area contributed by atoms with Crippen LogP contribution >= 0.6 is 28.6 Å². The zero-order valence-electron chi connectivity index (χ0n) is 5.36. The standard InChI is InChI=1S/C7H6BrFS/c1-4-6(9)2-5(8)3-7(4)10/h2-3,10H,1H3. The summed E-state index contributed by atoms with van der Waals surface area (Å²) >= 11 is 7.23. The van der Waals surface area contributed by atoms with Gasteiger partial charge >= 0.3 is 0 Å². The van der Waals surface area contributed by atoms with E-state index in [4.69, 9.17) is 0 Å². The maximum atomic E-state index is 12.8. The number of hydrogen-bond acceptors (Lipinski definition) is 1. The second kappa shape index (κ2) is 2.93. The molecule has 0 bridgehead atoms. The molecule has 0 unspecified atom stereocenters. The Morgan fingerprint density at radius 1 is 1.50 bits per heavy atom. The molecule has 0 nitrogen and oxygen atoms in total. The van der Waals surface area contributed by atoms with Crippen molar-refractivity contribution in [2.24, 2.45) is 0 Å². The number of rotatable bonds is 0. The zero-order valence-corrected chi connectivity index (χ0v) is 7.84. The molecule has 0 aliphatic heterocycles. The zero-order chi connectivity index (χ0) is 7.72. The maximum Gasteiger partial charge on any atom is 0.128 e. The molecule has 1 aromatic rings. The van der Waals surface area contributed by atoms with Crippen molar-refractivity contribution in [3.63, 3.8) is 0 Å². The Balaban J connectivity index is 3.31. The minimum Gasteiger partial charge on any atom is -0.207 e. The van der Waals surface area contributed by atoms with Gasteiger partial charge in [-0.3, -0.25) is 0 Å². The molecule has 0 aliphatic carbocycles. The Kier molecular flexibility index (Phi) is 2.36. The molecule has 0 fully saturated rings. The summed E-state index contributed by atoms with van der Waals surface area (Å²) in [6.07, 6.45) is 0. The summed E-state index contributed by atoms with van der Waals surface area (Å²) in [5.41, 5.74) is 0.589. The molecule has 1 rings (SSSR count). The second-order valence-electron chi connectivity index (χ2n) is 2.03. The van der Waals surface area contributed by atoms with Crippen LogP contribution in [0.1, 0.15) is 5.56 Å². The van der Waals surface area contributed by atoms with Gasteiger partial charge in [-0.05, 0) is 24.6 Å². The van der Waals surface area contributed by atoms with E-state index in [0.717, 1.165) is 4.47 Å². The molecule has 0 N–H and O–H groups in total. The van der Waals surface area contributed by atoms with Crippen LogP contribution in [-0.4, -0.2) is 0 Å². The fourth-order valence-electron chi connectivity index (χ4n) is 0.632. The van der Waals surface area contributed by atoms with Crippen LogP contribution in [0.4, 0.5) is 4.39 Å². The van der Waals surface area contributed by atoms with Crippen molar-refractivity contribution in [3.05, 3.63) is 28.0 Å². The Morgan fingerprint density at radius 2 is 2.10 bits per heavy atom. The summed E-state index contributed by atoms with van der Waals surface area (Å²) in [5.74, 6) is -0.223. The second-order valence-corrected chi connectivity index (χ2v) is 3.43. The molecular formula is C7H6BrFS. The molecular weight excluding hydrogens is 215 g/mol. The molecule has 0 radical (unpaired) electrons. The van der Waals surface area contributed by atoms with E-state index in [1.807, 2.05) is 0 Å². The molecule has 0 saturated heterocycles. The van der Waals surface area contributed by atoms with Crippen molar-refractivity contribution in [2.75, 3.05) is 0 Å². The summed E-state index contributed by atoms with van der Waals surface area (Å²) in [6, 6.07) is 3.19. The van der Waals surface area contributed by atoms with Crippen LogP contribution in [0, 0.1) is 12.7 Å². The molecule has 1 aromatic carbocycles. The van der Waals surface area contributed by atoms with Crippen molar-refractivity contribution < 1.29 is 4.39 Å². The third-order valence-electron chi connectivity index (χ3n) is 1.28. The molecule has 54 valence electrons. The monoisotopic (exact) mass is 220 g/mol. The van der Waals surface area contributed by atoms with Gasteiger partial charge in [-0.2, -0.15) is 0 Å². The van der Waals surface area contributed by atoms with E-state index in [9.17, 15) is 4.39 Å². The van der Waals surface area contributed by atoms with Crippen LogP contribution in [0.2, 0.25) is 0 Å². The van der Waals surface area contributed by atoms with Gasteiger partial charge in [0, 0.05) is 9.37 Å². The van der Waals surface area contributed by atoms with Crippen LogP contribution in [0.5, 0.6) is 0 Å². The summed E-state index contributed by atoms with van der Waals surface area (Å²) in [4.78, 5) is 0.673. The van der Waals surface area contributed by atoms with Gasteiger partial charge in [0.2, 0.25) is 0 Å². The number of benzene rings is 1. The van der Waals surface area contributed by atoms with E-state index in [1.54, 1.807) is 13.0 Å². The fourth-order valence-corrected chi connectivity index (χ4v) is 1.48. The molecule has 0 atom stereocenters. The van der Waals surface area contributed by atoms with Gasteiger partial charge in [-0.1, -0.05) is 15.9 Å². The van der Waals surface area contributed by atoms with Gasteiger partial charge in [0.05, 0.1) is 0 Å². The topological polar surface area (TPSA) is 0 Å². The maximum absolute atomic E-state index is 12.8. The lowest BCUT2D eigenvalue weighted by Gasteiger charge is -1.99. The predicted molar refractivity (Wildman–Crippen MR) is 46.1 cm³/mol. The van der Waals surface area contributed by atoms with Gasteiger partial charge in [0.25, 0.3) is 0 Å². The van der Waals surface area contributed by atoms with Crippen LogP contribution in [0.25, 0.3) is 0 Å². The van der Waals surface area contributed by atoms with Gasteiger partial charge < -0.3 is 0 Å². The highest BCUT2D eigenvalue weighted by atomic mass is 79.9. The quantitative estimate of drug-likeness (QED) is 0.639. The average Bonchev–Trinajstić information content (AvgIpc) is 1.82. The highest BCUT2D eigenvalue weighted by molar-refractivity contribution is 9.10. The molecule has 0 aromatic heterocycles. The van der Waals surface area contributed by atoms with Crippen LogP contribution < -0.4 is 0 Å². The van der Waals surface area contributed by atoms with Crippen molar-refractivity contribution in [1.82, 2.24) is 0 Å². The number of halogens is 2. The fraction of sp³-hybridized carbons (Fsp3) is 0.143. The highest BCUT2D eigenvalue weighted by Crippen LogP contribution is 2.21. The Labute approximate surface area is 73.0 Å².